The number of carboxylic acid groups (broad SMARTS) is 1. The van der Waals surface area contributed by atoms with Crippen LogP contribution in [-0.2, 0) is 4.79 Å². The Balaban J connectivity index is 5.72. The van der Waals surface area contributed by atoms with Crippen molar-refractivity contribution in [3.05, 3.63) is 11.1 Å². The van der Waals surface area contributed by atoms with Gasteiger partial charge in [-0.25, -0.2) is 4.79 Å². The standard InChI is InChI=1S/C9H13F3O3/c1-4-6(5(2)3)8(15,7(13)14)9(10,11)12/h15H,4H2,1-3H3,(H,13,14). The molecule has 0 aliphatic rings. The summed E-state index contributed by atoms with van der Waals surface area (Å²) in [5.74, 6) is -2.30. The van der Waals surface area contributed by atoms with Gasteiger partial charge in [-0.2, -0.15) is 13.2 Å². The molecule has 0 spiro atoms. The molecule has 6 heteroatoms. The predicted octanol–water partition coefficient (Wildman–Crippen LogP) is 2.11. The molecule has 1 unspecified atom stereocenters. The third-order valence-corrected chi connectivity index (χ3v) is 2.11. The minimum atomic E-state index is -5.22. The number of alkyl halides is 3. The first kappa shape index (κ1) is 14.0. The Morgan fingerprint density at radius 2 is 1.67 bits per heavy atom. The molecule has 0 saturated heterocycles. The Bertz CT molecular complexity index is 289. The van der Waals surface area contributed by atoms with Gasteiger partial charge in [0.1, 0.15) is 0 Å². The highest BCUT2D eigenvalue weighted by atomic mass is 19.4. The maximum atomic E-state index is 12.5. The molecule has 0 aromatic heterocycles. The van der Waals surface area contributed by atoms with E-state index in [1.54, 1.807) is 0 Å². The highest BCUT2D eigenvalue weighted by Gasteiger charge is 2.62. The second-order valence-electron chi connectivity index (χ2n) is 3.35. The van der Waals surface area contributed by atoms with E-state index in [0.29, 0.717) is 0 Å². The quantitative estimate of drug-likeness (QED) is 0.724. The van der Waals surface area contributed by atoms with Crippen LogP contribution in [0.5, 0.6) is 0 Å². The van der Waals surface area contributed by atoms with Crippen LogP contribution in [-0.4, -0.2) is 28.0 Å². The van der Waals surface area contributed by atoms with E-state index in [2.05, 4.69) is 0 Å². The van der Waals surface area contributed by atoms with Crippen LogP contribution in [0.25, 0.3) is 0 Å². The van der Waals surface area contributed by atoms with Gasteiger partial charge in [0.2, 0.25) is 0 Å². The Labute approximate surface area is 85.2 Å². The number of aliphatic carboxylic acids is 1. The molecule has 1 atom stereocenters. The van der Waals surface area contributed by atoms with E-state index < -0.39 is 23.3 Å². The van der Waals surface area contributed by atoms with Crippen LogP contribution in [0, 0.1) is 0 Å². The topological polar surface area (TPSA) is 57.5 Å². The van der Waals surface area contributed by atoms with Gasteiger partial charge in [-0.15, -0.1) is 0 Å². The van der Waals surface area contributed by atoms with E-state index in [0.717, 1.165) is 0 Å². The van der Waals surface area contributed by atoms with Gasteiger partial charge in [0.05, 0.1) is 0 Å². The van der Waals surface area contributed by atoms with Gasteiger partial charge in [0, 0.05) is 0 Å². The molecule has 0 aromatic rings. The van der Waals surface area contributed by atoms with E-state index >= 15 is 0 Å². The van der Waals surface area contributed by atoms with Gasteiger partial charge >= 0.3 is 12.1 Å². The molecule has 0 fully saturated rings. The summed E-state index contributed by atoms with van der Waals surface area (Å²) in [5, 5.41) is 17.8. The fourth-order valence-electron chi connectivity index (χ4n) is 1.39. The predicted molar refractivity (Wildman–Crippen MR) is 47.3 cm³/mol. The van der Waals surface area contributed by atoms with Crippen molar-refractivity contribution in [3.8, 4) is 0 Å². The van der Waals surface area contributed by atoms with Crippen LogP contribution >= 0.6 is 0 Å². The van der Waals surface area contributed by atoms with Gasteiger partial charge in [0.15, 0.2) is 0 Å². The molecule has 0 aliphatic heterocycles. The third-order valence-electron chi connectivity index (χ3n) is 2.11. The van der Waals surface area contributed by atoms with E-state index in [-0.39, 0.29) is 12.0 Å². The lowest BCUT2D eigenvalue weighted by Crippen LogP contribution is -2.53. The smallest absolute Gasteiger partial charge is 0.432 e. The first-order chi connectivity index (χ1) is 6.59. The van der Waals surface area contributed by atoms with E-state index in [9.17, 15) is 23.1 Å². The molecule has 2 N–H and O–H groups in total. The Kier molecular flexibility index (Phi) is 3.93. The third kappa shape index (κ3) is 2.31. The number of hydrogen-bond acceptors (Lipinski definition) is 2. The molecule has 0 radical (unpaired) electrons. The summed E-state index contributed by atoms with van der Waals surface area (Å²) in [6, 6.07) is 0. The molecule has 15 heavy (non-hydrogen) atoms. The highest BCUT2D eigenvalue weighted by molar-refractivity contribution is 5.83. The summed E-state index contributed by atoms with van der Waals surface area (Å²) < 4.78 is 37.5. The van der Waals surface area contributed by atoms with Gasteiger partial charge in [-0.1, -0.05) is 12.5 Å². The first-order valence-electron chi connectivity index (χ1n) is 4.28. The summed E-state index contributed by atoms with van der Waals surface area (Å²) in [5.41, 5.74) is -4.15. The molecule has 0 saturated carbocycles. The van der Waals surface area contributed by atoms with Crippen LogP contribution in [0.1, 0.15) is 27.2 Å². The summed E-state index contributed by atoms with van der Waals surface area (Å²) in [6.07, 6.45) is -5.40. The monoisotopic (exact) mass is 226 g/mol. The SMILES string of the molecule is CCC(=C(C)C)C(O)(C(=O)O)C(F)(F)F. The average molecular weight is 226 g/mol. The van der Waals surface area contributed by atoms with Crippen LogP contribution in [0.15, 0.2) is 11.1 Å². The van der Waals surface area contributed by atoms with Crippen molar-refractivity contribution < 1.29 is 28.2 Å². The molecular formula is C9H13F3O3. The van der Waals surface area contributed by atoms with E-state index in [4.69, 9.17) is 5.11 Å². The minimum Gasteiger partial charge on any atom is -0.479 e. The largest absolute Gasteiger partial charge is 0.479 e. The summed E-state index contributed by atoms with van der Waals surface area (Å²) >= 11 is 0. The van der Waals surface area contributed by atoms with Crippen LogP contribution in [0.4, 0.5) is 13.2 Å². The Morgan fingerprint density at radius 3 is 1.73 bits per heavy atom. The lowest BCUT2D eigenvalue weighted by molar-refractivity contribution is -0.247. The second-order valence-corrected chi connectivity index (χ2v) is 3.35. The number of aliphatic hydroxyl groups is 1. The maximum absolute atomic E-state index is 12.5. The van der Waals surface area contributed by atoms with Crippen molar-refractivity contribution in [1.82, 2.24) is 0 Å². The van der Waals surface area contributed by atoms with Crippen LogP contribution < -0.4 is 0 Å². The molecule has 0 heterocycles. The average Bonchev–Trinajstić information content (AvgIpc) is 2.01. The van der Waals surface area contributed by atoms with Crippen molar-refractivity contribution in [2.45, 2.75) is 39.0 Å². The molecule has 3 nitrogen and oxygen atoms in total. The number of carbonyl (C=O) groups is 1. The molecule has 0 aliphatic carbocycles. The van der Waals surface area contributed by atoms with Gasteiger partial charge < -0.3 is 10.2 Å². The zero-order valence-electron chi connectivity index (χ0n) is 8.64. The fourth-order valence-corrected chi connectivity index (χ4v) is 1.39. The van der Waals surface area contributed by atoms with Crippen molar-refractivity contribution in [1.29, 1.82) is 0 Å². The number of hydrogen-bond donors (Lipinski definition) is 2. The number of allylic oxidation sites excluding steroid dienone is 1. The van der Waals surface area contributed by atoms with Crippen LogP contribution in [0.3, 0.4) is 0 Å². The summed E-state index contributed by atoms with van der Waals surface area (Å²) in [6.45, 7) is 4.03. The fraction of sp³-hybridized carbons (Fsp3) is 0.667. The van der Waals surface area contributed by atoms with Crippen molar-refractivity contribution in [2.75, 3.05) is 0 Å². The zero-order valence-corrected chi connectivity index (χ0v) is 8.64. The molecule has 0 amide bonds. The molecule has 88 valence electrons. The Hall–Kier alpha value is -1.04. The van der Waals surface area contributed by atoms with E-state index in [1.807, 2.05) is 0 Å². The minimum absolute atomic E-state index is 0.153. The normalized spacial score (nSPS) is 15.7. The number of carboxylic acids is 1. The summed E-state index contributed by atoms with van der Waals surface area (Å²) in [4.78, 5) is 10.6. The highest BCUT2D eigenvalue weighted by Crippen LogP contribution is 2.39. The van der Waals surface area contributed by atoms with Gasteiger partial charge in [-0.05, 0) is 25.8 Å². The van der Waals surface area contributed by atoms with Crippen molar-refractivity contribution in [2.24, 2.45) is 0 Å². The first-order valence-corrected chi connectivity index (χ1v) is 4.28. The lowest BCUT2D eigenvalue weighted by Gasteiger charge is -2.29. The molecular weight excluding hydrogens is 213 g/mol. The zero-order chi connectivity index (χ0) is 12.4. The van der Waals surface area contributed by atoms with Crippen LogP contribution in [0.2, 0.25) is 0 Å². The second kappa shape index (κ2) is 4.22. The lowest BCUT2D eigenvalue weighted by atomic mass is 9.88. The van der Waals surface area contributed by atoms with Gasteiger partial charge in [-0.3, -0.25) is 0 Å². The molecule has 0 bridgehead atoms. The van der Waals surface area contributed by atoms with Gasteiger partial charge in [0.25, 0.3) is 5.60 Å². The Morgan fingerprint density at radius 1 is 1.27 bits per heavy atom. The maximum Gasteiger partial charge on any atom is 0.432 e. The molecule has 0 aromatic carbocycles. The van der Waals surface area contributed by atoms with Crippen molar-refractivity contribution >= 4 is 5.97 Å². The molecule has 0 rings (SSSR count). The number of halogens is 3. The number of rotatable bonds is 3. The van der Waals surface area contributed by atoms with Crippen molar-refractivity contribution in [3.63, 3.8) is 0 Å². The summed E-state index contributed by atoms with van der Waals surface area (Å²) in [7, 11) is 0. The van der Waals surface area contributed by atoms with E-state index in [1.165, 1.54) is 20.8 Å².